The number of carbonyl (C=O) groups excluding carboxylic acids is 1. The smallest absolute Gasteiger partial charge is 0.242 e. The van der Waals surface area contributed by atoms with Gasteiger partial charge in [-0.1, -0.05) is 0 Å². The molecule has 1 spiro atoms. The number of hydrogen-bond acceptors (Lipinski definition) is 5. The van der Waals surface area contributed by atoms with Crippen LogP contribution in [0, 0.1) is 5.82 Å². The Morgan fingerprint density at radius 1 is 1.36 bits per heavy atom. The van der Waals surface area contributed by atoms with Gasteiger partial charge in [-0.3, -0.25) is 10.1 Å². The average molecular weight is 407 g/mol. The lowest BCUT2D eigenvalue weighted by Gasteiger charge is -2.23. The Hall–Kier alpha value is -2.25. The second-order valence-corrected chi connectivity index (χ2v) is 7.17. The van der Waals surface area contributed by atoms with Gasteiger partial charge in [-0.05, 0) is 50.5 Å². The molecule has 8 heteroatoms. The quantitative estimate of drug-likeness (QED) is 0.844. The molecule has 2 aliphatic heterocycles. The maximum absolute atomic E-state index is 14.4. The van der Waals surface area contributed by atoms with Gasteiger partial charge >= 0.3 is 0 Å². The van der Waals surface area contributed by atoms with Crippen molar-refractivity contribution in [1.29, 1.82) is 0 Å². The predicted octanol–water partition coefficient (Wildman–Crippen LogP) is 3.13. The summed E-state index contributed by atoms with van der Waals surface area (Å²) in [5, 5.41) is 3.45. The van der Waals surface area contributed by atoms with Crippen LogP contribution in [0.25, 0.3) is 11.3 Å². The monoisotopic (exact) mass is 406 g/mol. The molecule has 0 bridgehead atoms. The molecular formula is C20H24ClFN4O2. The molecule has 4 rings (SSSR count). The van der Waals surface area contributed by atoms with E-state index >= 15 is 0 Å². The van der Waals surface area contributed by atoms with Crippen LogP contribution in [0.3, 0.4) is 0 Å². The normalized spacial score (nSPS) is 23.9. The SMILES string of the molecule is CCOc1ccc(F)c(-c2ccnc([C@@H]3CC[C@@]4(CCN(C)C4=O)N3)n2)c1.Cl. The summed E-state index contributed by atoms with van der Waals surface area (Å²) in [6.07, 6.45) is 3.98. The number of carbonyl (C=O) groups is 1. The number of ether oxygens (including phenoxy) is 1. The molecule has 2 aromatic rings. The summed E-state index contributed by atoms with van der Waals surface area (Å²) in [4.78, 5) is 23.2. The van der Waals surface area contributed by atoms with Crippen molar-refractivity contribution < 1.29 is 13.9 Å². The Bertz CT molecular complexity index is 881. The number of nitrogens with zero attached hydrogens (tertiary/aromatic N) is 3. The zero-order chi connectivity index (χ0) is 19.0. The molecule has 2 aliphatic rings. The summed E-state index contributed by atoms with van der Waals surface area (Å²) < 4.78 is 19.8. The number of likely N-dealkylation sites (N-methyl/N-ethyl adjacent to an activating group) is 1. The third-order valence-corrected chi connectivity index (χ3v) is 5.45. The van der Waals surface area contributed by atoms with Crippen LogP contribution in [0.1, 0.15) is 38.1 Å². The van der Waals surface area contributed by atoms with Crippen LogP contribution in [0.2, 0.25) is 0 Å². The first-order valence-electron chi connectivity index (χ1n) is 9.31. The first kappa shape index (κ1) is 20.5. The number of hydrogen-bond donors (Lipinski definition) is 1. The second kappa shape index (κ2) is 8.01. The predicted molar refractivity (Wildman–Crippen MR) is 106 cm³/mol. The highest BCUT2D eigenvalue weighted by Gasteiger charge is 2.50. The van der Waals surface area contributed by atoms with Crippen molar-refractivity contribution >= 4 is 18.3 Å². The van der Waals surface area contributed by atoms with Gasteiger partial charge in [0.1, 0.15) is 22.9 Å². The molecular weight excluding hydrogens is 383 g/mol. The van der Waals surface area contributed by atoms with Gasteiger partial charge in [-0.2, -0.15) is 0 Å². The number of rotatable bonds is 4. The van der Waals surface area contributed by atoms with Gasteiger partial charge in [0.05, 0.1) is 18.3 Å². The molecule has 1 aromatic heterocycles. The molecule has 6 nitrogen and oxygen atoms in total. The zero-order valence-electron chi connectivity index (χ0n) is 15.9. The van der Waals surface area contributed by atoms with E-state index in [0.29, 0.717) is 29.4 Å². The summed E-state index contributed by atoms with van der Waals surface area (Å²) in [7, 11) is 1.83. The summed E-state index contributed by atoms with van der Waals surface area (Å²) in [6, 6.07) is 6.23. The molecule has 150 valence electrons. The van der Waals surface area contributed by atoms with E-state index in [4.69, 9.17) is 4.74 Å². The molecule has 28 heavy (non-hydrogen) atoms. The van der Waals surface area contributed by atoms with Gasteiger partial charge in [0, 0.05) is 25.4 Å². The third kappa shape index (κ3) is 3.56. The lowest BCUT2D eigenvalue weighted by molar-refractivity contribution is -0.131. The van der Waals surface area contributed by atoms with E-state index in [2.05, 4.69) is 15.3 Å². The van der Waals surface area contributed by atoms with Crippen LogP contribution >= 0.6 is 12.4 Å². The molecule has 1 amide bonds. The minimum absolute atomic E-state index is 0. The molecule has 0 saturated carbocycles. The van der Waals surface area contributed by atoms with Crippen molar-refractivity contribution in [2.45, 2.75) is 37.8 Å². The minimum Gasteiger partial charge on any atom is -0.494 e. The molecule has 2 fully saturated rings. The van der Waals surface area contributed by atoms with Crippen molar-refractivity contribution in [1.82, 2.24) is 20.2 Å². The minimum atomic E-state index is -0.501. The molecule has 1 aromatic carbocycles. The Morgan fingerprint density at radius 2 is 2.18 bits per heavy atom. The van der Waals surface area contributed by atoms with Gasteiger partial charge in [0.25, 0.3) is 0 Å². The van der Waals surface area contributed by atoms with E-state index in [1.54, 1.807) is 29.3 Å². The molecule has 0 aliphatic carbocycles. The highest BCUT2D eigenvalue weighted by molar-refractivity contribution is 5.88. The number of likely N-dealkylation sites (tertiary alicyclic amines) is 1. The van der Waals surface area contributed by atoms with Gasteiger partial charge in [0.2, 0.25) is 5.91 Å². The van der Waals surface area contributed by atoms with E-state index in [1.807, 2.05) is 14.0 Å². The maximum atomic E-state index is 14.4. The fraction of sp³-hybridized carbons (Fsp3) is 0.450. The van der Waals surface area contributed by atoms with E-state index in [1.165, 1.54) is 6.07 Å². The van der Waals surface area contributed by atoms with Crippen LogP contribution in [0.15, 0.2) is 30.5 Å². The molecule has 3 heterocycles. The van der Waals surface area contributed by atoms with Gasteiger partial charge < -0.3 is 9.64 Å². The topological polar surface area (TPSA) is 67.3 Å². The summed E-state index contributed by atoms with van der Waals surface area (Å²) >= 11 is 0. The highest BCUT2D eigenvalue weighted by Crippen LogP contribution is 2.38. The van der Waals surface area contributed by atoms with Gasteiger partial charge in [-0.15, -0.1) is 12.4 Å². The van der Waals surface area contributed by atoms with Crippen molar-refractivity contribution in [2.24, 2.45) is 0 Å². The van der Waals surface area contributed by atoms with Crippen molar-refractivity contribution in [3.63, 3.8) is 0 Å². The number of amides is 1. The fourth-order valence-electron chi connectivity index (χ4n) is 4.01. The molecule has 2 saturated heterocycles. The van der Waals surface area contributed by atoms with Crippen molar-refractivity contribution in [3.05, 3.63) is 42.1 Å². The van der Waals surface area contributed by atoms with Gasteiger partial charge in [-0.25, -0.2) is 14.4 Å². The van der Waals surface area contributed by atoms with Crippen LogP contribution in [-0.4, -0.2) is 46.5 Å². The van der Waals surface area contributed by atoms with Crippen LogP contribution < -0.4 is 10.1 Å². The van der Waals surface area contributed by atoms with Crippen molar-refractivity contribution in [3.8, 4) is 17.0 Å². The zero-order valence-corrected chi connectivity index (χ0v) is 16.8. The maximum Gasteiger partial charge on any atom is 0.242 e. The molecule has 0 unspecified atom stereocenters. The standard InChI is InChI=1S/C20H23FN4O2.ClH/c1-3-27-13-4-5-15(21)14(12-13)16-7-10-22-18(23-16)17-6-8-20(24-17)9-11-25(2)19(20)26;/h4-5,7,10,12,17,24H,3,6,8-9,11H2,1-2H3;1H/t17-,20-;/m0./s1. The van der Waals surface area contributed by atoms with E-state index in [9.17, 15) is 9.18 Å². The number of halogens is 2. The first-order valence-corrected chi connectivity index (χ1v) is 9.31. The van der Waals surface area contributed by atoms with E-state index in [-0.39, 0.29) is 30.2 Å². The Kier molecular flexibility index (Phi) is 5.86. The Balaban J connectivity index is 0.00000225. The van der Waals surface area contributed by atoms with E-state index in [0.717, 1.165) is 25.8 Å². The van der Waals surface area contributed by atoms with Crippen LogP contribution in [0.4, 0.5) is 4.39 Å². The van der Waals surface area contributed by atoms with Crippen LogP contribution in [0.5, 0.6) is 5.75 Å². The molecule has 0 radical (unpaired) electrons. The average Bonchev–Trinajstić information content (AvgIpc) is 3.24. The van der Waals surface area contributed by atoms with Crippen LogP contribution in [-0.2, 0) is 4.79 Å². The fourth-order valence-corrected chi connectivity index (χ4v) is 4.01. The van der Waals surface area contributed by atoms with Crippen molar-refractivity contribution in [2.75, 3.05) is 20.2 Å². The number of nitrogens with one attached hydrogen (secondary N) is 1. The lowest BCUT2D eigenvalue weighted by Crippen LogP contribution is -2.47. The summed E-state index contributed by atoms with van der Waals surface area (Å²) in [6.45, 7) is 3.15. The number of benzene rings is 1. The molecule has 2 atom stereocenters. The molecule has 1 N–H and O–H groups in total. The third-order valence-electron chi connectivity index (χ3n) is 5.45. The summed E-state index contributed by atoms with van der Waals surface area (Å²) in [5.41, 5.74) is 0.393. The largest absolute Gasteiger partial charge is 0.494 e. The second-order valence-electron chi connectivity index (χ2n) is 7.17. The lowest BCUT2D eigenvalue weighted by atomic mass is 9.96. The van der Waals surface area contributed by atoms with Gasteiger partial charge in [0.15, 0.2) is 0 Å². The Morgan fingerprint density at radius 3 is 2.89 bits per heavy atom. The van der Waals surface area contributed by atoms with E-state index < -0.39 is 5.54 Å². The number of aromatic nitrogens is 2. The first-order chi connectivity index (χ1) is 13.0. The summed E-state index contributed by atoms with van der Waals surface area (Å²) in [5.74, 6) is 0.975. The highest BCUT2D eigenvalue weighted by atomic mass is 35.5. The Labute approximate surface area is 169 Å².